The van der Waals surface area contributed by atoms with Crippen LogP contribution in [0.15, 0.2) is 12.1 Å². The Morgan fingerprint density at radius 3 is 2.52 bits per heavy atom. The summed E-state index contributed by atoms with van der Waals surface area (Å²) in [7, 11) is 0. The Labute approximate surface area is 142 Å². The molecule has 134 valence electrons. The highest BCUT2D eigenvalue weighted by atomic mass is 19.4. The van der Waals surface area contributed by atoms with E-state index in [2.05, 4.69) is 22.3 Å². The lowest BCUT2D eigenvalue weighted by molar-refractivity contribution is -0.195. The second-order valence-electron chi connectivity index (χ2n) is 7.84. The number of fused-ring (bicyclic) bond motifs is 5. The number of alkyl halides is 3. The number of H-pyrrole nitrogens is 1. The van der Waals surface area contributed by atoms with Crippen LogP contribution in [0.3, 0.4) is 0 Å². The lowest BCUT2D eigenvalue weighted by Crippen LogP contribution is -2.66. The van der Waals surface area contributed by atoms with E-state index < -0.39 is 23.5 Å². The molecule has 1 saturated heterocycles. The highest BCUT2D eigenvalue weighted by molar-refractivity contribution is 5.83. The summed E-state index contributed by atoms with van der Waals surface area (Å²) in [5.74, 6) is -1.74. The van der Waals surface area contributed by atoms with Gasteiger partial charge in [0, 0.05) is 18.0 Å². The van der Waals surface area contributed by atoms with Crippen molar-refractivity contribution in [1.82, 2.24) is 20.3 Å². The minimum absolute atomic E-state index is 0.110. The number of carbonyl (C=O) groups is 1. The first-order chi connectivity index (χ1) is 11.6. The SMILES string of the molecule is CC1(C)[C@@H]2Cc3cc4n[nH]nc4cc3[C@]1(C)CCN2C(=O)C(F)(F)F. The molecule has 5 nitrogen and oxygen atoms in total. The number of nitrogens with zero attached hydrogens (tertiary/aromatic N) is 3. The van der Waals surface area contributed by atoms with E-state index in [1.807, 2.05) is 26.0 Å². The number of hydrogen-bond donors (Lipinski definition) is 1. The highest BCUT2D eigenvalue weighted by Gasteiger charge is 2.59. The summed E-state index contributed by atoms with van der Waals surface area (Å²) in [6, 6.07) is 3.38. The Morgan fingerprint density at radius 1 is 1.24 bits per heavy atom. The number of carbonyl (C=O) groups excluding carboxylic acids is 1. The summed E-state index contributed by atoms with van der Waals surface area (Å²) >= 11 is 0. The van der Waals surface area contributed by atoms with Crippen molar-refractivity contribution in [2.45, 2.75) is 51.2 Å². The van der Waals surface area contributed by atoms with E-state index in [9.17, 15) is 18.0 Å². The van der Waals surface area contributed by atoms with Crippen molar-refractivity contribution in [2.75, 3.05) is 6.54 Å². The van der Waals surface area contributed by atoms with Crippen molar-refractivity contribution < 1.29 is 18.0 Å². The Hall–Kier alpha value is -2.12. The van der Waals surface area contributed by atoms with Crippen molar-refractivity contribution in [1.29, 1.82) is 0 Å². The predicted molar refractivity (Wildman–Crippen MR) is 84.9 cm³/mol. The van der Waals surface area contributed by atoms with Gasteiger partial charge in [-0.05, 0) is 41.5 Å². The van der Waals surface area contributed by atoms with Crippen LogP contribution in [0.5, 0.6) is 0 Å². The zero-order valence-electron chi connectivity index (χ0n) is 14.2. The number of benzene rings is 1. The topological polar surface area (TPSA) is 61.9 Å². The smallest absolute Gasteiger partial charge is 0.331 e. The van der Waals surface area contributed by atoms with Crippen LogP contribution < -0.4 is 0 Å². The first-order valence-corrected chi connectivity index (χ1v) is 8.27. The third-order valence-electron chi connectivity index (χ3n) is 6.54. The van der Waals surface area contributed by atoms with Crippen LogP contribution in [-0.4, -0.2) is 45.0 Å². The summed E-state index contributed by atoms with van der Waals surface area (Å²) < 4.78 is 39.2. The molecule has 2 heterocycles. The standard InChI is InChI=1S/C17H19F3N4O/c1-15(2)13-7-9-6-11-12(22-23-21-11)8-10(9)16(15,3)4-5-24(13)14(25)17(18,19)20/h6,8,13H,4-5,7H2,1-3H3,(H,21,22,23)/t13-,16-/m0/s1. The van der Waals surface area contributed by atoms with Crippen molar-refractivity contribution in [2.24, 2.45) is 5.41 Å². The fraction of sp³-hybridized carbons (Fsp3) is 0.588. The molecule has 2 aromatic rings. The van der Waals surface area contributed by atoms with Gasteiger partial charge in [-0.15, -0.1) is 0 Å². The number of nitrogens with one attached hydrogen (secondary N) is 1. The number of amides is 1. The van der Waals surface area contributed by atoms with Crippen LogP contribution in [0.4, 0.5) is 13.2 Å². The first-order valence-electron chi connectivity index (χ1n) is 8.27. The molecule has 1 amide bonds. The molecule has 1 aromatic heterocycles. The Bertz CT molecular complexity index is 872. The molecule has 1 N–H and O–H groups in total. The van der Waals surface area contributed by atoms with Gasteiger partial charge < -0.3 is 4.90 Å². The van der Waals surface area contributed by atoms with E-state index in [0.29, 0.717) is 18.4 Å². The fourth-order valence-corrected chi connectivity index (χ4v) is 4.66. The average molecular weight is 352 g/mol. The van der Waals surface area contributed by atoms with E-state index in [1.165, 1.54) is 0 Å². The molecule has 0 spiro atoms. The van der Waals surface area contributed by atoms with Gasteiger partial charge in [0.15, 0.2) is 0 Å². The van der Waals surface area contributed by atoms with Crippen molar-refractivity contribution in [3.8, 4) is 0 Å². The number of rotatable bonds is 0. The molecular weight excluding hydrogens is 333 g/mol. The van der Waals surface area contributed by atoms with Gasteiger partial charge in [-0.25, -0.2) is 0 Å². The molecule has 1 aliphatic carbocycles. The van der Waals surface area contributed by atoms with E-state index in [1.54, 1.807) is 0 Å². The quantitative estimate of drug-likeness (QED) is 0.793. The maximum atomic E-state index is 13.1. The lowest BCUT2D eigenvalue weighted by Gasteiger charge is -2.60. The zero-order valence-corrected chi connectivity index (χ0v) is 14.2. The first kappa shape index (κ1) is 16.4. The Balaban J connectivity index is 1.87. The normalized spacial score (nSPS) is 28.1. The Morgan fingerprint density at radius 2 is 1.88 bits per heavy atom. The van der Waals surface area contributed by atoms with E-state index >= 15 is 0 Å². The van der Waals surface area contributed by atoms with Gasteiger partial charge in [0.2, 0.25) is 0 Å². The molecule has 25 heavy (non-hydrogen) atoms. The third kappa shape index (κ3) is 2.05. The summed E-state index contributed by atoms with van der Waals surface area (Å²) in [6.07, 6.45) is -3.97. The van der Waals surface area contributed by atoms with E-state index in [4.69, 9.17) is 0 Å². The molecule has 1 fully saturated rings. The van der Waals surface area contributed by atoms with Crippen LogP contribution in [0.1, 0.15) is 38.3 Å². The van der Waals surface area contributed by atoms with Gasteiger partial charge in [-0.3, -0.25) is 4.79 Å². The number of aromatic amines is 1. The lowest BCUT2D eigenvalue weighted by atomic mass is 9.51. The van der Waals surface area contributed by atoms with Gasteiger partial charge in [0.1, 0.15) is 11.0 Å². The molecule has 8 heteroatoms. The molecule has 1 aromatic carbocycles. The fourth-order valence-electron chi connectivity index (χ4n) is 4.66. The van der Waals surface area contributed by atoms with Crippen molar-refractivity contribution in [3.63, 3.8) is 0 Å². The molecule has 0 unspecified atom stereocenters. The summed E-state index contributed by atoms with van der Waals surface area (Å²) in [6.45, 7) is 6.12. The summed E-state index contributed by atoms with van der Waals surface area (Å²) in [5, 5.41) is 10.8. The number of piperidine rings is 1. The van der Waals surface area contributed by atoms with Crippen LogP contribution in [-0.2, 0) is 16.6 Å². The van der Waals surface area contributed by atoms with Crippen LogP contribution in [0.25, 0.3) is 11.0 Å². The summed E-state index contributed by atoms with van der Waals surface area (Å²) in [5.41, 5.74) is 2.68. The second kappa shape index (κ2) is 4.74. The number of likely N-dealkylation sites (tertiary alicyclic amines) is 1. The monoisotopic (exact) mass is 352 g/mol. The largest absolute Gasteiger partial charge is 0.471 e. The second-order valence-corrected chi connectivity index (χ2v) is 7.84. The molecule has 2 aliphatic rings. The van der Waals surface area contributed by atoms with Crippen molar-refractivity contribution >= 4 is 16.9 Å². The van der Waals surface area contributed by atoms with Gasteiger partial charge in [-0.1, -0.05) is 20.8 Å². The van der Waals surface area contributed by atoms with Crippen LogP contribution >= 0.6 is 0 Å². The summed E-state index contributed by atoms with van der Waals surface area (Å²) in [4.78, 5) is 13.0. The molecule has 0 saturated carbocycles. The minimum Gasteiger partial charge on any atom is -0.331 e. The van der Waals surface area contributed by atoms with Crippen LogP contribution in [0.2, 0.25) is 0 Å². The molecule has 2 atom stereocenters. The molecule has 2 bridgehead atoms. The maximum Gasteiger partial charge on any atom is 0.471 e. The highest BCUT2D eigenvalue weighted by Crippen LogP contribution is 2.56. The molecule has 4 rings (SSSR count). The number of halogens is 3. The predicted octanol–water partition coefficient (Wildman–Crippen LogP) is 2.96. The minimum atomic E-state index is -4.85. The van der Waals surface area contributed by atoms with Crippen LogP contribution in [0, 0.1) is 5.41 Å². The maximum absolute atomic E-state index is 13.1. The van der Waals surface area contributed by atoms with E-state index in [0.717, 1.165) is 21.5 Å². The third-order valence-corrected chi connectivity index (χ3v) is 6.54. The zero-order chi connectivity index (χ0) is 18.2. The molecular formula is C17H19F3N4O. The molecule has 0 radical (unpaired) electrons. The van der Waals surface area contributed by atoms with Gasteiger partial charge >= 0.3 is 12.1 Å². The average Bonchev–Trinajstić information content (AvgIpc) is 2.95. The number of aromatic nitrogens is 3. The van der Waals surface area contributed by atoms with Gasteiger partial charge in [-0.2, -0.15) is 28.6 Å². The van der Waals surface area contributed by atoms with Gasteiger partial charge in [0.25, 0.3) is 0 Å². The van der Waals surface area contributed by atoms with E-state index in [-0.39, 0.29) is 12.0 Å². The van der Waals surface area contributed by atoms with Crippen molar-refractivity contribution in [3.05, 3.63) is 23.3 Å². The molecule has 1 aliphatic heterocycles. The number of hydrogen-bond acceptors (Lipinski definition) is 3. The Kier molecular flexibility index (Phi) is 3.10. The van der Waals surface area contributed by atoms with Gasteiger partial charge in [0.05, 0.1) is 0 Å².